The second-order valence-electron chi connectivity index (χ2n) is 13.5. The lowest BCUT2D eigenvalue weighted by Crippen LogP contribution is -2.55. The molecular weight excluding hydrogens is 548 g/mol. The molecule has 0 aliphatic carbocycles. The fraction of sp³-hybridized carbons (Fsp3) is 0.771. The van der Waals surface area contributed by atoms with Crippen LogP contribution in [0.25, 0.3) is 0 Å². The van der Waals surface area contributed by atoms with Gasteiger partial charge >= 0.3 is 5.97 Å². The Morgan fingerprint density at radius 2 is 1.77 bits per heavy atom. The van der Waals surface area contributed by atoms with Crippen molar-refractivity contribution in [3.8, 4) is 5.75 Å². The lowest BCUT2D eigenvalue weighted by atomic mass is 9.75. The number of aliphatic hydroxyl groups excluding tert-OH is 1. The van der Waals surface area contributed by atoms with Gasteiger partial charge in [0, 0.05) is 11.8 Å². The van der Waals surface area contributed by atoms with E-state index < -0.39 is 29.2 Å². The summed E-state index contributed by atoms with van der Waals surface area (Å²) >= 11 is 0. The molecular formula is C35H56O8. The van der Waals surface area contributed by atoms with Crippen LogP contribution in [0.4, 0.5) is 0 Å². The van der Waals surface area contributed by atoms with Crippen LogP contribution < -0.4 is 0 Å². The predicted molar refractivity (Wildman–Crippen MR) is 166 cm³/mol. The number of carboxylic acids is 1. The van der Waals surface area contributed by atoms with E-state index in [2.05, 4.69) is 13.8 Å². The van der Waals surface area contributed by atoms with Gasteiger partial charge in [-0.05, 0) is 94.6 Å². The molecule has 1 aromatic carbocycles. The van der Waals surface area contributed by atoms with E-state index in [1.807, 2.05) is 34.6 Å². The van der Waals surface area contributed by atoms with Gasteiger partial charge in [-0.2, -0.15) is 0 Å². The predicted octanol–water partition coefficient (Wildman–Crippen LogP) is 6.23. The number of aryl methyl sites for hydroxylation is 2. The number of aliphatic hydroxyl groups is 2. The molecule has 0 spiro atoms. The fourth-order valence-electron chi connectivity index (χ4n) is 7.73. The largest absolute Gasteiger partial charge is 0.507 e. The van der Waals surface area contributed by atoms with E-state index >= 15 is 0 Å². The Hall–Kier alpha value is -2.00. The van der Waals surface area contributed by atoms with Crippen LogP contribution in [0.3, 0.4) is 0 Å². The average Bonchev–Trinajstić information content (AvgIpc) is 3.32. The van der Waals surface area contributed by atoms with Crippen molar-refractivity contribution < 1.29 is 39.5 Å². The third kappa shape index (κ3) is 7.13. The van der Waals surface area contributed by atoms with E-state index in [1.165, 1.54) is 0 Å². The number of rotatable bonds is 14. The Balaban J connectivity index is 1.73. The Morgan fingerprint density at radius 1 is 1.09 bits per heavy atom. The maximum atomic E-state index is 14.1. The number of hydrogen-bond acceptors (Lipinski definition) is 7. The Kier molecular flexibility index (Phi) is 11.9. The van der Waals surface area contributed by atoms with Gasteiger partial charge in [0.15, 0.2) is 0 Å². The highest BCUT2D eigenvalue weighted by Crippen LogP contribution is 2.48. The molecule has 0 saturated carbocycles. The van der Waals surface area contributed by atoms with Gasteiger partial charge in [-0.1, -0.05) is 53.7 Å². The van der Waals surface area contributed by atoms with Crippen molar-refractivity contribution in [1.82, 2.24) is 0 Å². The molecule has 2 heterocycles. The van der Waals surface area contributed by atoms with Crippen LogP contribution in [-0.4, -0.2) is 67.8 Å². The molecule has 4 N–H and O–H groups in total. The number of ketones is 1. The number of ether oxygens (including phenoxy) is 2. The van der Waals surface area contributed by atoms with Crippen molar-refractivity contribution in [2.45, 2.75) is 149 Å². The van der Waals surface area contributed by atoms with Crippen molar-refractivity contribution in [3.05, 3.63) is 28.8 Å². The van der Waals surface area contributed by atoms with Crippen molar-refractivity contribution >= 4 is 11.8 Å². The molecule has 0 bridgehead atoms. The first-order valence-electron chi connectivity index (χ1n) is 16.5. The quantitative estimate of drug-likeness (QED) is 0.196. The maximum absolute atomic E-state index is 14.1. The molecule has 244 valence electrons. The number of Topliss-reactive ketones (excluding diaryl/α,β-unsaturated/α-hetero) is 1. The number of phenols is 1. The molecule has 43 heavy (non-hydrogen) atoms. The number of aromatic carboxylic acids is 1. The highest BCUT2D eigenvalue weighted by Gasteiger charge is 2.55. The molecule has 8 heteroatoms. The summed E-state index contributed by atoms with van der Waals surface area (Å²) in [6, 6.07) is 3.41. The van der Waals surface area contributed by atoms with Crippen LogP contribution in [0.2, 0.25) is 0 Å². The van der Waals surface area contributed by atoms with Crippen molar-refractivity contribution in [1.29, 1.82) is 0 Å². The molecule has 3 rings (SSSR count). The number of carbonyl (C=O) groups is 2. The summed E-state index contributed by atoms with van der Waals surface area (Å²) in [4.78, 5) is 25.9. The van der Waals surface area contributed by atoms with Gasteiger partial charge < -0.3 is 29.9 Å². The molecule has 0 radical (unpaired) electrons. The van der Waals surface area contributed by atoms with E-state index in [1.54, 1.807) is 19.1 Å². The molecule has 8 nitrogen and oxygen atoms in total. The minimum absolute atomic E-state index is 0.0191. The number of aromatic hydroxyl groups is 1. The zero-order chi connectivity index (χ0) is 32.3. The van der Waals surface area contributed by atoms with Crippen LogP contribution in [0, 0.1) is 30.6 Å². The second-order valence-corrected chi connectivity index (χ2v) is 13.5. The van der Waals surface area contributed by atoms with Gasteiger partial charge in [0.05, 0.1) is 35.6 Å². The number of carboxylic acid groups (broad SMARTS) is 1. The zero-order valence-electron chi connectivity index (χ0n) is 27.6. The van der Waals surface area contributed by atoms with Gasteiger partial charge in [-0.15, -0.1) is 0 Å². The van der Waals surface area contributed by atoms with Crippen molar-refractivity contribution in [2.24, 2.45) is 23.7 Å². The molecule has 2 saturated heterocycles. The van der Waals surface area contributed by atoms with E-state index in [9.17, 15) is 30.0 Å². The summed E-state index contributed by atoms with van der Waals surface area (Å²) in [5.74, 6) is -2.45. The zero-order valence-corrected chi connectivity index (χ0v) is 27.6. The van der Waals surface area contributed by atoms with Crippen LogP contribution >= 0.6 is 0 Å². The van der Waals surface area contributed by atoms with Gasteiger partial charge in [-0.3, -0.25) is 4.79 Å². The third-order valence-electron chi connectivity index (χ3n) is 10.9. The van der Waals surface area contributed by atoms with E-state index in [0.717, 1.165) is 12.8 Å². The molecule has 0 amide bonds. The molecule has 0 unspecified atom stereocenters. The Labute approximate surface area is 258 Å². The SMILES string of the molecule is CC[C@H](C(=O)[C@H](CC)[C@H]1O[C@](CC)([C@H]2CC[C@@](O)(CC)[C@H](C)O2)C[C@H]1C)[C@@H](O)[C@H](C)CCc1ccc(C)c(O)c1C(=O)O. The summed E-state index contributed by atoms with van der Waals surface area (Å²) in [6.07, 6.45) is 3.87. The first-order chi connectivity index (χ1) is 20.2. The van der Waals surface area contributed by atoms with Gasteiger partial charge in [0.2, 0.25) is 0 Å². The van der Waals surface area contributed by atoms with Crippen LogP contribution in [-0.2, 0) is 20.7 Å². The van der Waals surface area contributed by atoms with Crippen LogP contribution in [0.15, 0.2) is 12.1 Å². The highest BCUT2D eigenvalue weighted by molar-refractivity contribution is 5.93. The molecule has 2 aliphatic rings. The molecule has 10 atom stereocenters. The van der Waals surface area contributed by atoms with Crippen LogP contribution in [0.1, 0.15) is 121 Å². The molecule has 2 aliphatic heterocycles. The van der Waals surface area contributed by atoms with Crippen molar-refractivity contribution in [2.75, 3.05) is 0 Å². The highest BCUT2D eigenvalue weighted by atomic mass is 16.6. The summed E-state index contributed by atoms with van der Waals surface area (Å²) in [7, 11) is 0. The van der Waals surface area contributed by atoms with E-state index in [-0.39, 0.29) is 53.2 Å². The molecule has 2 fully saturated rings. The minimum Gasteiger partial charge on any atom is -0.507 e. The van der Waals surface area contributed by atoms with Gasteiger partial charge in [-0.25, -0.2) is 4.79 Å². The van der Waals surface area contributed by atoms with Crippen molar-refractivity contribution in [3.63, 3.8) is 0 Å². The normalized spacial score (nSPS) is 32.2. The van der Waals surface area contributed by atoms with Gasteiger partial charge in [0.1, 0.15) is 17.1 Å². The fourth-order valence-corrected chi connectivity index (χ4v) is 7.73. The minimum atomic E-state index is -1.18. The molecule has 0 aromatic heterocycles. The summed E-state index contributed by atoms with van der Waals surface area (Å²) in [6.45, 7) is 15.7. The number of carbonyl (C=O) groups excluding carboxylic acids is 1. The van der Waals surface area contributed by atoms with E-state index in [4.69, 9.17) is 9.47 Å². The monoisotopic (exact) mass is 604 g/mol. The topological polar surface area (TPSA) is 134 Å². The third-order valence-corrected chi connectivity index (χ3v) is 10.9. The summed E-state index contributed by atoms with van der Waals surface area (Å²) in [5.41, 5.74) is -0.429. The maximum Gasteiger partial charge on any atom is 0.339 e. The first kappa shape index (κ1) is 35.5. The first-order valence-corrected chi connectivity index (χ1v) is 16.5. The number of benzene rings is 1. The average molecular weight is 605 g/mol. The second kappa shape index (κ2) is 14.4. The Bertz CT molecular complexity index is 1120. The van der Waals surface area contributed by atoms with Crippen LogP contribution in [0.5, 0.6) is 5.75 Å². The Morgan fingerprint density at radius 3 is 2.30 bits per heavy atom. The summed E-state index contributed by atoms with van der Waals surface area (Å²) in [5, 5.41) is 42.4. The van der Waals surface area contributed by atoms with Gasteiger partial charge in [0.25, 0.3) is 0 Å². The lowest BCUT2D eigenvalue weighted by molar-refractivity contribution is -0.229. The summed E-state index contributed by atoms with van der Waals surface area (Å²) < 4.78 is 13.3. The lowest BCUT2D eigenvalue weighted by Gasteiger charge is -2.47. The standard InChI is InChI=1S/C35H56O8/c1-9-25(29(36)20(5)13-15-24-16-14-21(6)30(37)28(24)33(39)40)31(38)26(10-2)32-22(7)19-35(12-4,43-32)27-17-18-34(41,11-3)23(8)42-27/h14,16,20,22-23,25-27,29,32,36-37,41H,9-13,15,17-19H2,1-8H3,(H,39,40)/t20-,22-,23+,25+,26+,27-,29+,32+,34+,35+/m1/s1. The molecule has 1 aromatic rings. The smallest absolute Gasteiger partial charge is 0.339 e. The number of hydrogen-bond donors (Lipinski definition) is 4. The van der Waals surface area contributed by atoms with E-state index in [0.29, 0.717) is 56.1 Å².